The average molecular weight is 260 g/mol. The molecule has 0 radical (unpaired) electrons. The van der Waals surface area contributed by atoms with Gasteiger partial charge in [0.2, 0.25) is 5.91 Å². The number of nitrogens with one attached hydrogen (secondary N) is 1. The van der Waals surface area contributed by atoms with Gasteiger partial charge in [-0.25, -0.2) is 4.79 Å². The molecule has 0 spiro atoms. The minimum Gasteiger partial charge on any atom is -0.478 e. The first-order chi connectivity index (χ1) is 9.15. The molecule has 1 aromatic heterocycles. The summed E-state index contributed by atoms with van der Waals surface area (Å²) in [7, 11) is 0. The zero-order chi connectivity index (χ0) is 13.7. The van der Waals surface area contributed by atoms with Gasteiger partial charge in [-0.1, -0.05) is 17.3 Å². The third-order valence-corrected chi connectivity index (χ3v) is 2.50. The Labute approximate surface area is 109 Å². The maximum atomic E-state index is 11.6. The molecule has 2 aromatic rings. The van der Waals surface area contributed by atoms with Gasteiger partial charge in [-0.15, -0.1) is 0 Å². The Kier molecular flexibility index (Phi) is 3.92. The predicted octanol–water partition coefficient (Wildman–Crippen LogP) is 1.23. The Morgan fingerprint density at radius 2 is 2.16 bits per heavy atom. The third kappa shape index (κ3) is 3.67. The second kappa shape index (κ2) is 5.81. The first kappa shape index (κ1) is 12.8. The zero-order valence-electron chi connectivity index (χ0n) is 10.00. The van der Waals surface area contributed by atoms with Crippen LogP contribution in [0.5, 0.6) is 0 Å². The van der Waals surface area contributed by atoms with Crippen molar-refractivity contribution in [2.24, 2.45) is 0 Å². The van der Waals surface area contributed by atoms with Gasteiger partial charge in [0.05, 0.1) is 17.7 Å². The van der Waals surface area contributed by atoms with E-state index in [1.165, 1.54) is 18.4 Å². The summed E-state index contributed by atoms with van der Waals surface area (Å²) in [6.45, 7) is 0.276. The Hall–Kier alpha value is -2.63. The summed E-state index contributed by atoms with van der Waals surface area (Å²) in [5.74, 6) is -1.19. The summed E-state index contributed by atoms with van der Waals surface area (Å²) in [6, 6.07) is 8.04. The summed E-state index contributed by atoms with van der Waals surface area (Å²) in [4.78, 5) is 22.4. The number of carboxylic acids is 1. The molecule has 1 heterocycles. The highest BCUT2D eigenvalue weighted by atomic mass is 16.5. The molecule has 0 aliphatic carbocycles. The number of hydrogen-bond donors (Lipinski definition) is 2. The maximum Gasteiger partial charge on any atom is 0.335 e. The zero-order valence-corrected chi connectivity index (χ0v) is 10.00. The highest BCUT2D eigenvalue weighted by Gasteiger charge is 2.07. The molecule has 0 saturated carbocycles. The largest absolute Gasteiger partial charge is 0.478 e. The number of aromatic carboxylic acids is 1. The monoisotopic (exact) mass is 260 g/mol. The van der Waals surface area contributed by atoms with Crippen molar-refractivity contribution in [3.8, 4) is 0 Å². The van der Waals surface area contributed by atoms with E-state index < -0.39 is 5.97 Å². The van der Waals surface area contributed by atoms with Gasteiger partial charge < -0.3 is 14.9 Å². The predicted molar refractivity (Wildman–Crippen MR) is 65.5 cm³/mol. The van der Waals surface area contributed by atoms with Crippen molar-refractivity contribution in [2.45, 2.75) is 13.0 Å². The summed E-state index contributed by atoms with van der Waals surface area (Å²) in [5.41, 5.74) is 1.48. The number of carbonyl (C=O) groups is 2. The van der Waals surface area contributed by atoms with E-state index in [0.717, 1.165) is 5.56 Å². The van der Waals surface area contributed by atoms with Gasteiger partial charge in [0.1, 0.15) is 6.26 Å². The van der Waals surface area contributed by atoms with Crippen molar-refractivity contribution >= 4 is 11.9 Å². The summed E-state index contributed by atoms with van der Waals surface area (Å²) < 4.78 is 4.62. The van der Waals surface area contributed by atoms with E-state index in [4.69, 9.17) is 5.11 Å². The van der Waals surface area contributed by atoms with Gasteiger partial charge in [-0.3, -0.25) is 4.79 Å². The molecule has 0 bridgehead atoms. The molecular weight excluding hydrogens is 248 g/mol. The number of carbonyl (C=O) groups excluding carboxylic acids is 1. The van der Waals surface area contributed by atoms with Gasteiger partial charge in [0.15, 0.2) is 0 Å². The molecule has 0 saturated heterocycles. The van der Waals surface area contributed by atoms with Crippen LogP contribution in [0.4, 0.5) is 0 Å². The van der Waals surface area contributed by atoms with Gasteiger partial charge in [0.25, 0.3) is 0 Å². The number of hydrogen-bond acceptors (Lipinski definition) is 4. The Balaban J connectivity index is 1.89. The molecule has 0 aliphatic rings. The normalized spacial score (nSPS) is 10.1. The van der Waals surface area contributed by atoms with Gasteiger partial charge in [0, 0.05) is 12.6 Å². The molecule has 1 amide bonds. The second-order valence-corrected chi connectivity index (χ2v) is 3.95. The maximum absolute atomic E-state index is 11.6. The second-order valence-electron chi connectivity index (χ2n) is 3.95. The molecule has 19 heavy (non-hydrogen) atoms. The van der Waals surface area contributed by atoms with Crippen LogP contribution in [0.3, 0.4) is 0 Å². The molecule has 6 nitrogen and oxygen atoms in total. The highest BCUT2D eigenvalue weighted by Crippen LogP contribution is 2.05. The fourth-order valence-electron chi connectivity index (χ4n) is 1.57. The van der Waals surface area contributed by atoms with E-state index >= 15 is 0 Å². The van der Waals surface area contributed by atoms with E-state index in [0.29, 0.717) is 5.69 Å². The van der Waals surface area contributed by atoms with Crippen LogP contribution < -0.4 is 5.32 Å². The van der Waals surface area contributed by atoms with Crippen molar-refractivity contribution < 1.29 is 19.2 Å². The molecule has 0 fully saturated rings. The van der Waals surface area contributed by atoms with Crippen molar-refractivity contribution in [1.82, 2.24) is 10.5 Å². The lowest BCUT2D eigenvalue weighted by Gasteiger charge is -2.05. The fourth-order valence-corrected chi connectivity index (χ4v) is 1.57. The Bertz CT molecular complexity index is 578. The van der Waals surface area contributed by atoms with Crippen molar-refractivity contribution in [3.63, 3.8) is 0 Å². The molecule has 0 aliphatic heterocycles. The van der Waals surface area contributed by atoms with Crippen molar-refractivity contribution in [3.05, 3.63) is 53.4 Å². The lowest BCUT2D eigenvalue weighted by atomic mass is 10.1. The van der Waals surface area contributed by atoms with Crippen LogP contribution in [0.1, 0.15) is 21.6 Å². The van der Waals surface area contributed by atoms with E-state index in [1.807, 2.05) is 0 Å². The Morgan fingerprint density at radius 1 is 1.32 bits per heavy atom. The minimum absolute atomic E-state index is 0.134. The van der Waals surface area contributed by atoms with Crippen LogP contribution in [0.25, 0.3) is 0 Å². The smallest absolute Gasteiger partial charge is 0.335 e. The van der Waals surface area contributed by atoms with E-state index in [-0.39, 0.29) is 24.4 Å². The SMILES string of the molecule is O=C(Cc1ccon1)NCc1cccc(C(=O)O)c1. The van der Waals surface area contributed by atoms with Crippen LogP contribution in [0.2, 0.25) is 0 Å². The van der Waals surface area contributed by atoms with Gasteiger partial charge in [-0.2, -0.15) is 0 Å². The molecule has 0 atom stereocenters. The van der Waals surface area contributed by atoms with Gasteiger partial charge in [-0.05, 0) is 17.7 Å². The molecule has 6 heteroatoms. The third-order valence-electron chi connectivity index (χ3n) is 2.50. The number of aromatic nitrogens is 1. The molecule has 98 valence electrons. The molecule has 2 rings (SSSR count). The van der Waals surface area contributed by atoms with Crippen molar-refractivity contribution in [1.29, 1.82) is 0 Å². The molecule has 2 N–H and O–H groups in total. The van der Waals surface area contributed by atoms with Crippen LogP contribution in [0.15, 0.2) is 41.1 Å². The lowest BCUT2D eigenvalue weighted by molar-refractivity contribution is -0.120. The first-order valence-electron chi connectivity index (χ1n) is 5.63. The van der Waals surface area contributed by atoms with Crippen LogP contribution in [0, 0.1) is 0 Å². The topological polar surface area (TPSA) is 92.4 Å². The van der Waals surface area contributed by atoms with Crippen LogP contribution >= 0.6 is 0 Å². The highest BCUT2D eigenvalue weighted by molar-refractivity contribution is 5.87. The van der Waals surface area contributed by atoms with E-state index in [1.54, 1.807) is 18.2 Å². The number of rotatable bonds is 5. The first-order valence-corrected chi connectivity index (χ1v) is 5.63. The molecular formula is C13H12N2O4. The number of nitrogens with zero attached hydrogens (tertiary/aromatic N) is 1. The van der Waals surface area contributed by atoms with E-state index in [9.17, 15) is 9.59 Å². The van der Waals surface area contributed by atoms with Crippen molar-refractivity contribution in [2.75, 3.05) is 0 Å². The average Bonchev–Trinajstić information content (AvgIpc) is 2.89. The van der Waals surface area contributed by atoms with Gasteiger partial charge >= 0.3 is 5.97 Å². The number of benzene rings is 1. The number of carboxylic acid groups (broad SMARTS) is 1. The molecule has 1 aromatic carbocycles. The van der Waals surface area contributed by atoms with Crippen LogP contribution in [-0.2, 0) is 17.8 Å². The quantitative estimate of drug-likeness (QED) is 0.843. The van der Waals surface area contributed by atoms with E-state index in [2.05, 4.69) is 15.0 Å². The lowest BCUT2D eigenvalue weighted by Crippen LogP contribution is -2.24. The fraction of sp³-hybridized carbons (Fsp3) is 0.154. The standard InChI is InChI=1S/C13H12N2O4/c16-12(7-11-4-5-19-15-11)14-8-9-2-1-3-10(6-9)13(17)18/h1-6H,7-8H2,(H,14,16)(H,17,18). The van der Waals surface area contributed by atoms with Crippen LogP contribution in [-0.4, -0.2) is 22.1 Å². The number of amides is 1. The summed E-state index contributed by atoms with van der Waals surface area (Å²) in [6.07, 6.45) is 1.54. The summed E-state index contributed by atoms with van der Waals surface area (Å²) >= 11 is 0. The minimum atomic E-state index is -0.990. The molecule has 0 unspecified atom stereocenters. The Morgan fingerprint density at radius 3 is 2.84 bits per heavy atom. The summed E-state index contributed by atoms with van der Waals surface area (Å²) in [5, 5.41) is 15.2.